The maximum atomic E-state index is 12.5. The highest BCUT2D eigenvalue weighted by atomic mass is 16.5. The molecule has 1 saturated heterocycles. The molecule has 7 heteroatoms. The van der Waals surface area contributed by atoms with Gasteiger partial charge in [-0.05, 0) is 32.4 Å². The molecule has 3 heterocycles. The minimum Gasteiger partial charge on any atom is -0.461 e. The molecule has 0 bridgehead atoms. The second-order valence-electron chi connectivity index (χ2n) is 7.94. The van der Waals surface area contributed by atoms with E-state index in [4.69, 9.17) is 14.2 Å². The zero-order chi connectivity index (χ0) is 21.3. The van der Waals surface area contributed by atoms with Crippen LogP contribution in [0.2, 0.25) is 0 Å². The quantitative estimate of drug-likeness (QED) is 0.624. The van der Waals surface area contributed by atoms with Gasteiger partial charge in [0, 0.05) is 48.6 Å². The third-order valence-corrected chi connectivity index (χ3v) is 5.50. The fourth-order valence-electron chi connectivity index (χ4n) is 4.52. The van der Waals surface area contributed by atoms with Gasteiger partial charge in [-0.15, -0.1) is 0 Å². The Hall–Kier alpha value is -2.48. The van der Waals surface area contributed by atoms with Gasteiger partial charge in [-0.3, -0.25) is 4.90 Å². The summed E-state index contributed by atoms with van der Waals surface area (Å²) in [6.07, 6.45) is 2.13. The number of benzene rings is 1. The van der Waals surface area contributed by atoms with E-state index in [1.54, 1.807) is 20.2 Å². The fraction of sp³-hybridized carbons (Fsp3) is 0.478. The van der Waals surface area contributed by atoms with E-state index in [1.807, 2.05) is 0 Å². The lowest BCUT2D eigenvalue weighted by Crippen LogP contribution is -2.44. The lowest BCUT2D eigenvalue weighted by atomic mass is 10.0. The van der Waals surface area contributed by atoms with E-state index in [-0.39, 0.29) is 18.8 Å². The minimum absolute atomic E-state index is 0.208. The molecular formula is C23H29N3O4. The van der Waals surface area contributed by atoms with Gasteiger partial charge in [0.25, 0.3) is 0 Å². The molecule has 0 aliphatic carbocycles. The molecule has 0 spiro atoms. The van der Waals surface area contributed by atoms with Crippen molar-refractivity contribution in [3.8, 4) is 0 Å². The van der Waals surface area contributed by atoms with Gasteiger partial charge in [0.2, 0.25) is 0 Å². The predicted octanol–water partition coefficient (Wildman–Crippen LogP) is 3.65. The van der Waals surface area contributed by atoms with Crippen LogP contribution in [0.15, 0.2) is 24.4 Å². The third kappa shape index (κ3) is 3.93. The lowest BCUT2D eigenvalue weighted by Gasteiger charge is -2.35. The van der Waals surface area contributed by atoms with Crippen LogP contribution in [0, 0.1) is 0 Å². The summed E-state index contributed by atoms with van der Waals surface area (Å²) in [6.45, 7) is 9.20. The molecule has 0 saturated carbocycles. The number of carbonyl (C=O) groups is 1. The first-order chi connectivity index (χ1) is 14.5. The highest BCUT2D eigenvalue weighted by Gasteiger charge is 2.25. The van der Waals surface area contributed by atoms with E-state index >= 15 is 0 Å². The molecule has 1 aliphatic rings. The number of fused-ring (bicyclic) bond motifs is 3. The molecule has 160 valence electrons. The summed E-state index contributed by atoms with van der Waals surface area (Å²) in [5.41, 5.74) is 4.20. The summed E-state index contributed by atoms with van der Waals surface area (Å²) < 4.78 is 16.6. The Morgan fingerprint density at radius 2 is 2.00 bits per heavy atom. The van der Waals surface area contributed by atoms with Gasteiger partial charge in [0.1, 0.15) is 0 Å². The standard InChI is InChI=1S/C23H29N3O4/c1-5-29-23(27)22-17(13-28-4)21-19(9-24-22)25-18-8-6-7-16(20(18)21)12-26-10-14(2)30-15(3)11-26/h6-9,14-15,25H,5,10-13H2,1-4H3. The maximum Gasteiger partial charge on any atom is 0.357 e. The molecule has 1 aromatic carbocycles. The Balaban J connectivity index is 1.86. The highest BCUT2D eigenvalue weighted by molar-refractivity contribution is 6.12. The number of nitrogens with one attached hydrogen (secondary N) is 1. The summed E-state index contributed by atoms with van der Waals surface area (Å²) in [5.74, 6) is -0.422. The van der Waals surface area contributed by atoms with Crippen molar-refractivity contribution >= 4 is 27.8 Å². The molecule has 1 fully saturated rings. The zero-order valence-electron chi connectivity index (χ0n) is 18.0. The average Bonchev–Trinajstić information content (AvgIpc) is 3.08. The maximum absolute atomic E-state index is 12.5. The number of carbonyl (C=O) groups excluding carboxylic acids is 1. The largest absolute Gasteiger partial charge is 0.461 e. The Bertz CT molecular complexity index is 1050. The number of H-pyrrole nitrogens is 1. The summed E-state index contributed by atoms with van der Waals surface area (Å²) in [5, 5.41) is 2.09. The Kier molecular flexibility index (Phi) is 6.04. The van der Waals surface area contributed by atoms with E-state index in [9.17, 15) is 4.79 Å². The van der Waals surface area contributed by atoms with E-state index in [1.165, 1.54) is 5.56 Å². The predicted molar refractivity (Wildman–Crippen MR) is 116 cm³/mol. The van der Waals surface area contributed by atoms with Gasteiger partial charge in [-0.1, -0.05) is 12.1 Å². The molecule has 7 nitrogen and oxygen atoms in total. The normalized spacial score (nSPS) is 20.1. The number of hydrogen-bond acceptors (Lipinski definition) is 6. The Morgan fingerprint density at radius 1 is 1.23 bits per heavy atom. The molecule has 4 rings (SSSR count). The van der Waals surface area contributed by atoms with Crippen molar-refractivity contribution in [3.05, 3.63) is 41.2 Å². The van der Waals surface area contributed by atoms with Gasteiger partial charge in [-0.25, -0.2) is 9.78 Å². The van der Waals surface area contributed by atoms with E-state index in [0.717, 1.165) is 47.0 Å². The number of methoxy groups -OCH3 is 1. The van der Waals surface area contributed by atoms with Crippen LogP contribution in [0.4, 0.5) is 0 Å². The number of esters is 1. The molecule has 3 aromatic rings. The van der Waals surface area contributed by atoms with Crippen molar-refractivity contribution in [2.75, 3.05) is 26.8 Å². The van der Waals surface area contributed by atoms with Crippen molar-refractivity contribution < 1.29 is 19.0 Å². The second-order valence-corrected chi connectivity index (χ2v) is 7.94. The van der Waals surface area contributed by atoms with Gasteiger partial charge >= 0.3 is 5.97 Å². The van der Waals surface area contributed by atoms with Crippen molar-refractivity contribution in [3.63, 3.8) is 0 Å². The Labute approximate surface area is 176 Å². The molecule has 1 aliphatic heterocycles. The number of morpholine rings is 1. The molecule has 0 amide bonds. The molecule has 1 N–H and O–H groups in total. The molecule has 0 radical (unpaired) electrons. The number of nitrogens with zero attached hydrogens (tertiary/aromatic N) is 2. The second kappa shape index (κ2) is 8.71. The van der Waals surface area contributed by atoms with Gasteiger partial charge < -0.3 is 19.2 Å². The number of hydrogen-bond donors (Lipinski definition) is 1. The SMILES string of the molecule is CCOC(=O)c1ncc2[nH]c3cccc(CN4CC(C)OC(C)C4)c3c2c1COC. The average molecular weight is 412 g/mol. The van der Waals surface area contributed by atoms with Gasteiger partial charge in [0.05, 0.1) is 37.1 Å². The smallest absolute Gasteiger partial charge is 0.357 e. The number of aromatic amines is 1. The summed E-state index contributed by atoms with van der Waals surface area (Å²) in [7, 11) is 1.63. The van der Waals surface area contributed by atoms with E-state index in [2.05, 4.69) is 46.9 Å². The van der Waals surface area contributed by atoms with Crippen LogP contribution in [-0.2, 0) is 27.4 Å². The lowest BCUT2D eigenvalue weighted by molar-refractivity contribution is -0.0703. The van der Waals surface area contributed by atoms with Crippen molar-refractivity contribution in [1.82, 2.24) is 14.9 Å². The summed E-state index contributed by atoms with van der Waals surface area (Å²) in [4.78, 5) is 22.8. The summed E-state index contributed by atoms with van der Waals surface area (Å²) in [6, 6.07) is 6.28. The zero-order valence-corrected chi connectivity index (χ0v) is 18.0. The third-order valence-electron chi connectivity index (χ3n) is 5.50. The van der Waals surface area contributed by atoms with Crippen molar-refractivity contribution in [2.24, 2.45) is 0 Å². The number of rotatable bonds is 6. The monoisotopic (exact) mass is 411 g/mol. The first kappa shape index (κ1) is 20.8. The number of pyridine rings is 1. The van der Waals surface area contributed by atoms with Crippen LogP contribution in [0.3, 0.4) is 0 Å². The van der Waals surface area contributed by atoms with Crippen LogP contribution in [0.25, 0.3) is 21.8 Å². The van der Waals surface area contributed by atoms with Crippen LogP contribution in [-0.4, -0.2) is 59.9 Å². The van der Waals surface area contributed by atoms with Crippen LogP contribution < -0.4 is 0 Å². The molecular weight excluding hydrogens is 382 g/mol. The van der Waals surface area contributed by atoms with Crippen molar-refractivity contribution in [1.29, 1.82) is 0 Å². The molecule has 2 atom stereocenters. The van der Waals surface area contributed by atoms with Crippen LogP contribution in [0.1, 0.15) is 42.4 Å². The van der Waals surface area contributed by atoms with Crippen LogP contribution >= 0.6 is 0 Å². The Morgan fingerprint density at radius 3 is 2.70 bits per heavy atom. The van der Waals surface area contributed by atoms with E-state index in [0.29, 0.717) is 12.3 Å². The topological polar surface area (TPSA) is 76.7 Å². The van der Waals surface area contributed by atoms with Gasteiger partial charge in [-0.2, -0.15) is 0 Å². The van der Waals surface area contributed by atoms with Gasteiger partial charge in [0.15, 0.2) is 5.69 Å². The molecule has 30 heavy (non-hydrogen) atoms. The molecule has 2 unspecified atom stereocenters. The highest BCUT2D eigenvalue weighted by Crippen LogP contribution is 2.33. The molecule has 2 aromatic heterocycles. The fourth-order valence-corrected chi connectivity index (χ4v) is 4.52. The van der Waals surface area contributed by atoms with Crippen LogP contribution in [0.5, 0.6) is 0 Å². The number of aromatic nitrogens is 2. The summed E-state index contributed by atoms with van der Waals surface area (Å²) >= 11 is 0. The number of ether oxygens (including phenoxy) is 3. The van der Waals surface area contributed by atoms with E-state index < -0.39 is 5.97 Å². The first-order valence-electron chi connectivity index (χ1n) is 10.5. The first-order valence-corrected chi connectivity index (χ1v) is 10.5. The minimum atomic E-state index is -0.422. The van der Waals surface area contributed by atoms with Crippen molar-refractivity contribution in [2.45, 2.75) is 46.1 Å².